The summed E-state index contributed by atoms with van der Waals surface area (Å²) in [6, 6.07) is 11.6. The van der Waals surface area contributed by atoms with Crippen LogP contribution in [-0.4, -0.2) is 6.54 Å². The molecule has 0 heterocycles. The SMILES string of the molecule is CCNC(c1ccc(F)c(Br)c1)c1cccc(C)c1C. The van der Waals surface area contributed by atoms with E-state index in [9.17, 15) is 4.39 Å². The predicted molar refractivity (Wildman–Crippen MR) is 85.5 cm³/mol. The fourth-order valence-corrected chi connectivity index (χ4v) is 2.79. The van der Waals surface area contributed by atoms with Crippen LogP contribution in [0.3, 0.4) is 0 Å². The second kappa shape index (κ2) is 6.51. The lowest BCUT2D eigenvalue weighted by Gasteiger charge is -2.22. The maximum Gasteiger partial charge on any atom is 0.137 e. The summed E-state index contributed by atoms with van der Waals surface area (Å²) in [5.41, 5.74) is 4.85. The lowest BCUT2D eigenvalue weighted by Crippen LogP contribution is -2.23. The van der Waals surface area contributed by atoms with E-state index in [0.717, 1.165) is 12.1 Å². The molecule has 0 spiro atoms. The van der Waals surface area contributed by atoms with Gasteiger partial charge >= 0.3 is 0 Å². The maximum absolute atomic E-state index is 13.4. The molecule has 0 aromatic heterocycles. The molecule has 0 aliphatic rings. The summed E-state index contributed by atoms with van der Waals surface area (Å²) in [6.07, 6.45) is 0. The van der Waals surface area contributed by atoms with E-state index in [1.54, 1.807) is 0 Å². The Kier molecular flexibility index (Phi) is 4.95. The number of nitrogens with one attached hydrogen (secondary N) is 1. The number of hydrogen-bond acceptors (Lipinski definition) is 1. The molecule has 0 fully saturated rings. The van der Waals surface area contributed by atoms with Crippen LogP contribution in [0.5, 0.6) is 0 Å². The summed E-state index contributed by atoms with van der Waals surface area (Å²) in [5.74, 6) is -0.232. The standard InChI is InChI=1S/C17H19BrFN/c1-4-20-17(13-8-9-16(19)15(18)10-13)14-7-5-6-11(2)12(14)3/h5-10,17,20H,4H2,1-3H3. The lowest BCUT2D eigenvalue weighted by molar-refractivity contribution is 0.607. The molecule has 1 atom stereocenters. The van der Waals surface area contributed by atoms with E-state index in [4.69, 9.17) is 0 Å². The number of hydrogen-bond donors (Lipinski definition) is 1. The number of halogens is 2. The molecule has 2 rings (SSSR count). The summed E-state index contributed by atoms with van der Waals surface area (Å²) in [5, 5.41) is 3.49. The molecule has 1 unspecified atom stereocenters. The Morgan fingerprint density at radius 1 is 1.20 bits per heavy atom. The molecule has 3 heteroatoms. The first-order valence-corrected chi connectivity index (χ1v) is 7.58. The first-order valence-electron chi connectivity index (χ1n) is 6.79. The molecule has 0 aliphatic carbocycles. The van der Waals surface area contributed by atoms with Gasteiger partial charge in [-0.25, -0.2) is 4.39 Å². The van der Waals surface area contributed by atoms with Gasteiger partial charge in [0.25, 0.3) is 0 Å². The fraction of sp³-hybridized carbons (Fsp3) is 0.294. The second-order valence-electron chi connectivity index (χ2n) is 4.95. The summed E-state index contributed by atoms with van der Waals surface area (Å²) in [7, 11) is 0. The first-order chi connectivity index (χ1) is 9.54. The van der Waals surface area contributed by atoms with Crippen molar-refractivity contribution in [3.63, 3.8) is 0 Å². The van der Waals surface area contributed by atoms with Gasteiger partial charge in [0, 0.05) is 0 Å². The average Bonchev–Trinajstić information content (AvgIpc) is 2.43. The normalized spacial score (nSPS) is 12.4. The van der Waals surface area contributed by atoms with Crippen LogP contribution >= 0.6 is 15.9 Å². The van der Waals surface area contributed by atoms with Gasteiger partial charge in [0.2, 0.25) is 0 Å². The lowest BCUT2D eigenvalue weighted by atomic mass is 9.92. The van der Waals surface area contributed by atoms with Crippen LogP contribution < -0.4 is 5.32 Å². The van der Waals surface area contributed by atoms with Gasteiger partial charge in [0.15, 0.2) is 0 Å². The summed E-state index contributed by atoms with van der Waals surface area (Å²) in [4.78, 5) is 0. The van der Waals surface area contributed by atoms with Crippen molar-refractivity contribution in [3.05, 3.63) is 68.9 Å². The van der Waals surface area contributed by atoms with Crippen molar-refractivity contribution in [2.24, 2.45) is 0 Å². The Labute approximate surface area is 128 Å². The molecule has 106 valence electrons. The van der Waals surface area contributed by atoms with Gasteiger partial charge in [-0.15, -0.1) is 0 Å². The minimum absolute atomic E-state index is 0.0804. The minimum Gasteiger partial charge on any atom is -0.307 e. The van der Waals surface area contributed by atoms with Crippen molar-refractivity contribution in [1.82, 2.24) is 5.32 Å². The molecule has 1 N–H and O–H groups in total. The first kappa shape index (κ1) is 15.2. The van der Waals surface area contributed by atoms with Crippen LogP contribution in [0.4, 0.5) is 4.39 Å². The molecular formula is C17H19BrFN. The van der Waals surface area contributed by atoms with Crippen LogP contribution in [0.25, 0.3) is 0 Å². The van der Waals surface area contributed by atoms with Crippen molar-refractivity contribution >= 4 is 15.9 Å². The molecule has 1 nitrogen and oxygen atoms in total. The third kappa shape index (κ3) is 3.10. The van der Waals surface area contributed by atoms with Crippen molar-refractivity contribution in [1.29, 1.82) is 0 Å². The number of benzene rings is 2. The molecule has 2 aromatic carbocycles. The van der Waals surface area contributed by atoms with Crippen molar-refractivity contribution in [3.8, 4) is 0 Å². The van der Waals surface area contributed by atoms with Gasteiger partial charge < -0.3 is 5.32 Å². The zero-order chi connectivity index (χ0) is 14.7. The molecule has 0 aliphatic heterocycles. The molecule has 0 saturated carbocycles. The molecule has 2 aromatic rings. The summed E-state index contributed by atoms with van der Waals surface area (Å²) >= 11 is 3.27. The van der Waals surface area contributed by atoms with Gasteiger partial charge in [-0.05, 0) is 70.7 Å². The molecule has 20 heavy (non-hydrogen) atoms. The fourth-order valence-electron chi connectivity index (χ4n) is 2.39. The van der Waals surface area contributed by atoms with Gasteiger partial charge in [-0.1, -0.05) is 31.2 Å². The zero-order valence-electron chi connectivity index (χ0n) is 12.0. The third-order valence-electron chi connectivity index (χ3n) is 3.64. The van der Waals surface area contributed by atoms with Gasteiger partial charge in [-0.2, -0.15) is 0 Å². The van der Waals surface area contributed by atoms with E-state index in [1.165, 1.54) is 22.8 Å². The Balaban J connectivity index is 2.50. The topological polar surface area (TPSA) is 12.0 Å². The Hall–Kier alpha value is -1.19. The van der Waals surface area contributed by atoms with Crippen LogP contribution in [-0.2, 0) is 0 Å². The van der Waals surface area contributed by atoms with Crippen molar-refractivity contribution in [2.45, 2.75) is 26.8 Å². The van der Waals surface area contributed by atoms with E-state index >= 15 is 0 Å². The minimum atomic E-state index is -0.232. The Morgan fingerprint density at radius 3 is 2.60 bits per heavy atom. The number of rotatable bonds is 4. The van der Waals surface area contributed by atoms with Crippen LogP contribution in [0, 0.1) is 19.7 Å². The van der Waals surface area contributed by atoms with Crippen molar-refractivity contribution in [2.75, 3.05) is 6.54 Å². The van der Waals surface area contributed by atoms with Gasteiger partial charge in [-0.3, -0.25) is 0 Å². The number of aryl methyl sites for hydroxylation is 1. The van der Waals surface area contributed by atoms with Crippen LogP contribution in [0.15, 0.2) is 40.9 Å². The largest absolute Gasteiger partial charge is 0.307 e. The quantitative estimate of drug-likeness (QED) is 0.837. The predicted octanol–water partition coefficient (Wildman–Crippen LogP) is 4.90. The van der Waals surface area contributed by atoms with E-state index in [0.29, 0.717) is 4.47 Å². The highest BCUT2D eigenvalue weighted by Gasteiger charge is 2.16. The average molecular weight is 336 g/mol. The molecular weight excluding hydrogens is 317 g/mol. The highest BCUT2D eigenvalue weighted by Crippen LogP contribution is 2.29. The monoisotopic (exact) mass is 335 g/mol. The van der Waals surface area contributed by atoms with Crippen LogP contribution in [0.1, 0.15) is 35.2 Å². The Morgan fingerprint density at radius 2 is 1.95 bits per heavy atom. The molecule has 0 saturated heterocycles. The van der Waals surface area contributed by atoms with E-state index < -0.39 is 0 Å². The van der Waals surface area contributed by atoms with E-state index in [2.05, 4.69) is 60.2 Å². The molecule has 0 radical (unpaired) electrons. The highest BCUT2D eigenvalue weighted by molar-refractivity contribution is 9.10. The van der Waals surface area contributed by atoms with Crippen LogP contribution in [0.2, 0.25) is 0 Å². The van der Waals surface area contributed by atoms with E-state index in [-0.39, 0.29) is 11.9 Å². The Bertz CT molecular complexity index is 610. The van der Waals surface area contributed by atoms with Crippen molar-refractivity contribution < 1.29 is 4.39 Å². The van der Waals surface area contributed by atoms with Gasteiger partial charge in [0.05, 0.1) is 10.5 Å². The summed E-state index contributed by atoms with van der Waals surface area (Å²) in [6.45, 7) is 7.18. The highest BCUT2D eigenvalue weighted by atomic mass is 79.9. The smallest absolute Gasteiger partial charge is 0.137 e. The zero-order valence-corrected chi connectivity index (χ0v) is 13.6. The second-order valence-corrected chi connectivity index (χ2v) is 5.81. The molecule has 0 amide bonds. The maximum atomic E-state index is 13.4. The van der Waals surface area contributed by atoms with Gasteiger partial charge in [0.1, 0.15) is 5.82 Å². The van der Waals surface area contributed by atoms with E-state index in [1.807, 2.05) is 12.1 Å². The molecule has 0 bridgehead atoms. The third-order valence-corrected chi connectivity index (χ3v) is 4.25. The summed E-state index contributed by atoms with van der Waals surface area (Å²) < 4.78 is 13.9.